The maximum absolute atomic E-state index is 13.4. The van der Waals surface area contributed by atoms with Crippen LogP contribution in [0.3, 0.4) is 0 Å². The first-order chi connectivity index (χ1) is 16.1. The van der Waals surface area contributed by atoms with Gasteiger partial charge < -0.3 is 23.8 Å². The summed E-state index contributed by atoms with van der Waals surface area (Å²) in [5.74, 6) is 0.171. The number of hydrogen-bond donors (Lipinski definition) is 1. The van der Waals surface area contributed by atoms with E-state index in [2.05, 4.69) is 5.32 Å². The Hall–Kier alpha value is -3.13. The van der Waals surface area contributed by atoms with Crippen LogP contribution in [0.1, 0.15) is 67.0 Å². The number of amides is 1. The van der Waals surface area contributed by atoms with Crippen LogP contribution in [0.2, 0.25) is 0 Å². The number of rotatable bonds is 6. The number of carbonyl (C=O) groups is 1. The maximum atomic E-state index is 13.4. The minimum Gasteiger partial charge on any atom is -0.489 e. The van der Waals surface area contributed by atoms with Crippen LogP contribution in [0.5, 0.6) is 5.75 Å². The predicted molar refractivity (Wildman–Crippen MR) is 121 cm³/mol. The summed E-state index contributed by atoms with van der Waals surface area (Å²) in [5, 5.41) is 2.84. The molecule has 2 aliphatic heterocycles. The number of ether oxygens (including phenoxy) is 2. The molecular formula is C25H26N4O4. The van der Waals surface area contributed by atoms with Crippen LogP contribution in [0.4, 0.5) is 5.69 Å². The zero-order chi connectivity index (χ0) is 22.2. The largest absolute Gasteiger partial charge is 0.489 e. The van der Waals surface area contributed by atoms with E-state index in [1.165, 1.54) is 0 Å². The van der Waals surface area contributed by atoms with Crippen molar-refractivity contribution in [1.29, 1.82) is 0 Å². The van der Waals surface area contributed by atoms with Gasteiger partial charge in [0.25, 0.3) is 11.5 Å². The molecule has 1 N–H and O–H groups in total. The molecule has 3 saturated carbocycles. The summed E-state index contributed by atoms with van der Waals surface area (Å²) in [6.45, 7) is 0.710. The van der Waals surface area contributed by atoms with Crippen molar-refractivity contribution in [3.8, 4) is 5.75 Å². The average Bonchev–Trinajstić information content (AvgIpc) is 3.17. The van der Waals surface area contributed by atoms with Crippen LogP contribution >= 0.6 is 0 Å². The fourth-order valence-corrected chi connectivity index (χ4v) is 5.25. The normalized spacial score (nSPS) is 26.1. The molecule has 8 rings (SSSR count). The zero-order valence-corrected chi connectivity index (χ0v) is 18.3. The van der Waals surface area contributed by atoms with Crippen LogP contribution in [0.15, 0.2) is 41.6 Å². The molecule has 2 saturated heterocycles. The van der Waals surface area contributed by atoms with Crippen molar-refractivity contribution < 1.29 is 14.3 Å². The van der Waals surface area contributed by atoms with Gasteiger partial charge in [0, 0.05) is 36.1 Å². The van der Waals surface area contributed by atoms with E-state index in [0.29, 0.717) is 24.0 Å². The lowest BCUT2D eigenvalue weighted by Gasteiger charge is -2.33. The first-order valence-corrected chi connectivity index (χ1v) is 11.9. The van der Waals surface area contributed by atoms with E-state index in [4.69, 9.17) is 14.5 Å². The molecule has 1 amide bonds. The zero-order valence-electron chi connectivity index (χ0n) is 18.3. The summed E-state index contributed by atoms with van der Waals surface area (Å²) in [4.78, 5) is 31.1. The van der Waals surface area contributed by atoms with E-state index in [1.807, 2.05) is 16.7 Å². The first-order valence-electron chi connectivity index (χ1n) is 11.9. The lowest BCUT2D eigenvalue weighted by atomic mass is 9.68. The molecule has 0 radical (unpaired) electrons. The summed E-state index contributed by atoms with van der Waals surface area (Å²) >= 11 is 0. The molecule has 5 aliphatic rings. The number of anilines is 1. The topological polar surface area (TPSA) is 86.9 Å². The third kappa shape index (κ3) is 3.11. The van der Waals surface area contributed by atoms with Gasteiger partial charge >= 0.3 is 0 Å². The van der Waals surface area contributed by atoms with E-state index in [-0.39, 0.29) is 34.7 Å². The molecule has 3 aromatic rings. The molecule has 0 atom stereocenters. The number of aromatic nitrogens is 3. The second-order valence-electron chi connectivity index (χ2n) is 10.1. The monoisotopic (exact) mass is 446 g/mol. The minimum atomic E-state index is -0.349. The molecule has 33 heavy (non-hydrogen) atoms. The summed E-state index contributed by atoms with van der Waals surface area (Å²) in [7, 11) is 0. The third-order valence-corrected chi connectivity index (χ3v) is 7.68. The van der Waals surface area contributed by atoms with Gasteiger partial charge in [0.15, 0.2) is 0 Å². The standard InChI is InChI=1S/C25H26N4O4/c30-23(26-19-5-2-8-29(24(19)31)15-6-7-15)18-12-28-13-21(25-10-17(11-25)32-14-25)27-22(28)9-20(18)33-16-3-1-4-16/h2,5,8-9,12-13,15-17H,1,3-4,6-7,10-11,14H2,(H,26,30). The fraction of sp³-hybridized carbons (Fsp3) is 0.480. The molecule has 8 nitrogen and oxygen atoms in total. The molecule has 0 aromatic carbocycles. The smallest absolute Gasteiger partial charge is 0.274 e. The van der Waals surface area contributed by atoms with Crippen LogP contribution in [0.25, 0.3) is 5.65 Å². The number of pyridine rings is 2. The quantitative estimate of drug-likeness (QED) is 0.627. The summed E-state index contributed by atoms with van der Waals surface area (Å²) in [5.41, 5.74) is 2.31. The highest BCUT2D eigenvalue weighted by Crippen LogP contribution is 2.51. The number of imidazole rings is 1. The average molecular weight is 447 g/mol. The number of nitrogens with one attached hydrogen (secondary N) is 1. The van der Waals surface area contributed by atoms with Gasteiger partial charge in [0.1, 0.15) is 17.1 Å². The van der Waals surface area contributed by atoms with Crippen molar-refractivity contribution in [2.75, 3.05) is 11.9 Å². The Bertz CT molecular complexity index is 1320. The molecule has 0 unspecified atom stereocenters. The Morgan fingerprint density at radius 2 is 2.06 bits per heavy atom. The number of hydrogen-bond acceptors (Lipinski definition) is 5. The second-order valence-corrected chi connectivity index (χ2v) is 10.1. The molecule has 0 spiro atoms. The molecule has 8 heteroatoms. The highest BCUT2D eigenvalue weighted by atomic mass is 16.5. The highest BCUT2D eigenvalue weighted by Gasteiger charge is 2.54. The van der Waals surface area contributed by atoms with E-state index in [1.54, 1.807) is 29.1 Å². The van der Waals surface area contributed by atoms with Crippen molar-refractivity contribution in [3.05, 3.63) is 58.4 Å². The van der Waals surface area contributed by atoms with E-state index < -0.39 is 0 Å². The third-order valence-electron chi connectivity index (χ3n) is 7.68. The minimum absolute atomic E-state index is 0.00599. The van der Waals surface area contributed by atoms with Gasteiger partial charge in [-0.15, -0.1) is 0 Å². The van der Waals surface area contributed by atoms with Gasteiger partial charge in [-0.05, 0) is 57.1 Å². The lowest BCUT2D eigenvalue weighted by Crippen LogP contribution is -2.37. The predicted octanol–water partition coefficient (Wildman–Crippen LogP) is 3.44. The highest BCUT2D eigenvalue weighted by molar-refractivity contribution is 6.06. The van der Waals surface area contributed by atoms with Gasteiger partial charge in [-0.2, -0.15) is 0 Å². The SMILES string of the molecule is O=C(Nc1cccn(C2CC2)c1=O)c1cn2cc(C34COC(C3)C4)nc2cc1OC1CCC1. The van der Waals surface area contributed by atoms with Gasteiger partial charge in [0.05, 0.1) is 30.1 Å². The Balaban J connectivity index is 1.25. The first kappa shape index (κ1) is 19.3. The Morgan fingerprint density at radius 3 is 2.76 bits per heavy atom. The van der Waals surface area contributed by atoms with E-state index in [9.17, 15) is 9.59 Å². The molecule has 5 heterocycles. The van der Waals surface area contributed by atoms with Crippen LogP contribution in [-0.4, -0.2) is 38.7 Å². The number of carbonyl (C=O) groups excluding carboxylic acids is 1. The second kappa shape index (κ2) is 6.93. The van der Waals surface area contributed by atoms with Crippen LogP contribution in [0, 0.1) is 0 Å². The molecule has 3 aromatic heterocycles. The van der Waals surface area contributed by atoms with Gasteiger partial charge in [-0.3, -0.25) is 9.59 Å². The Morgan fingerprint density at radius 1 is 1.21 bits per heavy atom. The van der Waals surface area contributed by atoms with Crippen molar-refractivity contribution in [2.24, 2.45) is 0 Å². The van der Waals surface area contributed by atoms with E-state index >= 15 is 0 Å². The molecule has 2 bridgehead atoms. The lowest BCUT2D eigenvalue weighted by molar-refractivity contribution is 0.0991. The number of nitrogens with zero attached hydrogens (tertiary/aromatic N) is 3. The van der Waals surface area contributed by atoms with Crippen molar-refractivity contribution in [3.63, 3.8) is 0 Å². The number of fused-ring (bicyclic) bond motifs is 2. The molecule has 5 fully saturated rings. The van der Waals surface area contributed by atoms with Gasteiger partial charge in [0.2, 0.25) is 0 Å². The van der Waals surface area contributed by atoms with Gasteiger partial charge in [-0.25, -0.2) is 4.98 Å². The molecule has 170 valence electrons. The Kier molecular flexibility index (Phi) is 4.07. The summed E-state index contributed by atoms with van der Waals surface area (Å²) < 4.78 is 15.6. The summed E-state index contributed by atoms with van der Waals surface area (Å²) in [6, 6.07) is 5.57. The van der Waals surface area contributed by atoms with Crippen molar-refractivity contribution in [2.45, 2.75) is 68.6 Å². The molecule has 3 aliphatic carbocycles. The van der Waals surface area contributed by atoms with E-state index in [0.717, 1.165) is 56.3 Å². The van der Waals surface area contributed by atoms with Crippen molar-refractivity contribution >= 4 is 17.2 Å². The molecular weight excluding hydrogens is 420 g/mol. The van der Waals surface area contributed by atoms with Crippen LogP contribution < -0.4 is 15.6 Å². The Labute approximate surface area is 190 Å². The van der Waals surface area contributed by atoms with Gasteiger partial charge in [-0.1, -0.05) is 0 Å². The van der Waals surface area contributed by atoms with Crippen molar-refractivity contribution in [1.82, 2.24) is 14.0 Å². The fourth-order valence-electron chi connectivity index (χ4n) is 5.25. The van der Waals surface area contributed by atoms with Crippen LogP contribution in [-0.2, 0) is 10.2 Å². The summed E-state index contributed by atoms with van der Waals surface area (Å²) in [6.07, 6.45) is 13.2. The maximum Gasteiger partial charge on any atom is 0.274 e.